The van der Waals surface area contributed by atoms with Gasteiger partial charge in [-0.1, -0.05) is 42.0 Å². The number of hydrogen-bond acceptors (Lipinski definition) is 9. The van der Waals surface area contributed by atoms with Gasteiger partial charge in [-0.05, 0) is 11.8 Å². The largest absolute Gasteiger partial charge is 0.394 e. The predicted octanol–water partition coefficient (Wildman–Crippen LogP) is -1.12. The van der Waals surface area contributed by atoms with Crippen molar-refractivity contribution in [2.24, 2.45) is 17.8 Å². The molecule has 0 spiro atoms. The van der Waals surface area contributed by atoms with Crippen LogP contribution >= 0.6 is 0 Å². The van der Waals surface area contributed by atoms with Gasteiger partial charge in [0.05, 0.1) is 37.6 Å². The first-order chi connectivity index (χ1) is 13.0. The molecule has 2 fully saturated rings. The second kappa shape index (κ2) is 12.5. The molecular weight excluding hydrogens is 384 g/mol. The summed E-state index contributed by atoms with van der Waals surface area (Å²) in [5.74, 6) is -0.0904. The zero-order valence-electron chi connectivity index (χ0n) is 17.3. The number of hydrogen-bond donors (Lipinski definition) is 7. The standard InChI is InChI=1S/C10H20O4.C9H18O5.CH4/c1-5(2)10-9(13)8(12)6(3)7(4-11)14-10;1-4(2)9-8(13)7(12)6(11)5(3-10)14-9;/h5-13H,4H2,1-3H3;4-13H,3H2,1-2H3;1H4/t6-,7-,8+,9-,10+;5-,6-,7+,8-,9+;/m11./s1. The molecule has 0 saturated carbocycles. The Kier molecular flexibility index (Phi) is 12.3. The highest BCUT2D eigenvalue weighted by Gasteiger charge is 2.44. The third-order valence-electron chi connectivity index (χ3n) is 5.57. The maximum atomic E-state index is 9.73. The topological polar surface area (TPSA) is 160 Å². The summed E-state index contributed by atoms with van der Waals surface area (Å²) in [4.78, 5) is 0. The van der Waals surface area contributed by atoms with E-state index in [1.54, 1.807) is 6.92 Å². The molecule has 0 amide bonds. The minimum Gasteiger partial charge on any atom is -0.394 e. The van der Waals surface area contributed by atoms with E-state index in [0.717, 1.165) is 0 Å². The van der Waals surface area contributed by atoms with Gasteiger partial charge in [-0.3, -0.25) is 0 Å². The molecular formula is C20H42O9. The molecule has 2 saturated heterocycles. The van der Waals surface area contributed by atoms with E-state index in [-0.39, 0.29) is 44.5 Å². The molecule has 0 aromatic carbocycles. The maximum Gasteiger partial charge on any atom is 0.111 e. The summed E-state index contributed by atoms with van der Waals surface area (Å²) in [6.45, 7) is 8.81. The predicted molar refractivity (Wildman–Crippen MR) is 107 cm³/mol. The fourth-order valence-corrected chi connectivity index (χ4v) is 3.57. The van der Waals surface area contributed by atoms with Crippen molar-refractivity contribution < 1.29 is 45.2 Å². The smallest absolute Gasteiger partial charge is 0.111 e. The van der Waals surface area contributed by atoms with Crippen molar-refractivity contribution in [3.8, 4) is 0 Å². The first-order valence-electron chi connectivity index (χ1n) is 9.90. The third kappa shape index (κ3) is 6.81. The van der Waals surface area contributed by atoms with Gasteiger partial charge in [0, 0.05) is 5.92 Å². The molecule has 0 unspecified atom stereocenters. The monoisotopic (exact) mass is 426 g/mol. The molecule has 7 N–H and O–H groups in total. The van der Waals surface area contributed by atoms with Gasteiger partial charge in [-0.25, -0.2) is 0 Å². The molecule has 0 aromatic rings. The van der Waals surface area contributed by atoms with E-state index in [2.05, 4.69) is 0 Å². The second-order valence-electron chi connectivity index (χ2n) is 8.44. The lowest BCUT2D eigenvalue weighted by atomic mass is 9.85. The summed E-state index contributed by atoms with van der Waals surface area (Å²) in [7, 11) is 0. The lowest BCUT2D eigenvalue weighted by molar-refractivity contribution is -0.238. The molecule has 2 rings (SSSR count). The molecule has 9 heteroatoms. The van der Waals surface area contributed by atoms with Crippen LogP contribution in [-0.4, -0.2) is 104 Å². The van der Waals surface area contributed by atoms with E-state index in [0.29, 0.717) is 0 Å². The summed E-state index contributed by atoms with van der Waals surface area (Å²) in [6, 6.07) is 0. The van der Waals surface area contributed by atoms with Crippen molar-refractivity contribution in [3.05, 3.63) is 0 Å². The van der Waals surface area contributed by atoms with Crippen LogP contribution in [0.25, 0.3) is 0 Å². The Hall–Kier alpha value is -0.360. The molecule has 0 aromatic heterocycles. The molecule has 0 bridgehead atoms. The van der Waals surface area contributed by atoms with Crippen LogP contribution in [0.1, 0.15) is 42.0 Å². The normalized spacial score (nSPS) is 42.8. The van der Waals surface area contributed by atoms with Crippen LogP contribution in [0.2, 0.25) is 0 Å². The van der Waals surface area contributed by atoms with Gasteiger partial charge in [0.25, 0.3) is 0 Å². The van der Waals surface area contributed by atoms with Crippen molar-refractivity contribution in [1.82, 2.24) is 0 Å². The Bertz CT molecular complexity index is 404. The minimum atomic E-state index is -1.26. The Labute approximate surface area is 173 Å². The molecule has 9 nitrogen and oxygen atoms in total. The average Bonchev–Trinajstić information content (AvgIpc) is 2.64. The van der Waals surface area contributed by atoms with Crippen LogP contribution in [0.15, 0.2) is 0 Å². The quantitative estimate of drug-likeness (QED) is 0.295. The minimum absolute atomic E-state index is 0. The van der Waals surface area contributed by atoms with Crippen LogP contribution in [0.4, 0.5) is 0 Å². The first kappa shape index (κ1) is 28.6. The van der Waals surface area contributed by atoms with Gasteiger partial charge < -0.3 is 45.2 Å². The van der Waals surface area contributed by atoms with Gasteiger partial charge in [-0.2, -0.15) is 0 Å². The molecule has 0 aliphatic carbocycles. The van der Waals surface area contributed by atoms with E-state index in [1.807, 2.05) is 27.7 Å². The number of aliphatic hydroxyl groups is 7. The number of rotatable bonds is 4. The van der Waals surface area contributed by atoms with Gasteiger partial charge in [0.2, 0.25) is 0 Å². The van der Waals surface area contributed by atoms with E-state index >= 15 is 0 Å². The number of aliphatic hydroxyl groups excluding tert-OH is 7. The van der Waals surface area contributed by atoms with Gasteiger partial charge in [0.15, 0.2) is 0 Å². The summed E-state index contributed by atoms with van der Waals surface area (Å²) in [5.41, 5.74) is 0. The second-order valence-corrected chi connectivity index (χ2v) is 8.44. The highest BCUT2D eigenvalue weighted by atomic mass is 16.5. The Balaban J connectivity index is 0.000000523. The van der Waals surface area contributed by atoms with Crippen LogP contribution in [0.3, 0.4) is 0 Å². The average molecular weight is 427 g/mol. The third-order valence-corrected chi connectivity index (χ3v) is 5.57. The Morgan fingerprint density at radius 1 is 0.621 bits per heavy atom. The molecule has 2 aliphatic rings. The van der Waals surface area contributed by atoms with Crippen molar-refractivity contribution >= 4 is 0 Å². The SMILES string of the molecule is C.CC(C)[C@@H]1O[C@H](CO)[C@@H](C)[C@H](O)[C@H]1O.CC(C)[C@@H]1O[C@H](CO)[C@@H](O)[C@H](O)[C@H]1O. The highest BCUT2D eigenvalue weighted by molar-refractivity contribution is 4.93. The summed E-state index contributed by atoms with van der Waals surface area (Å²) < 4.78 is 10.8. The van der Waals surface area contributed by atoms with E-state index in [4.69, 9.17) is 19.7 Å². The van der Waals surface area contributed by atoms with Crippen molar-refractivity contribution in [3.63, 3.8) is 0 Å². The van der Waals surface area contributed by atoms with Crippen molar-refractivity contribution in [2.45, 2.75) is 97.0 Å². The number of ether oxygens (including phenoxy) is 2. The zero-order chi connectivity index (χ0) is 21.8. The van der Waals surface area contributed by atoms with E-state index < -0.39 is 48.8 Å². The van der Waals surface area contributed by atoms with Gasteiger partial charge in [-0.15, -0.1) is 0 Å². The molecule has 10 atom stereocenters. The first-order valence-corrected chi connectivity index (χ1v) is 9.90. The van der Waals surface area contributed by atoms with E-state index in [9.17, 15) is 25.5 Å². The maximum absolute atomic E-state index is 9.73. The van der Waals surface area contributed by atoms with Gasteiger partial charge in [0.1, 0.15) is 30.5 Å². The van der Waals surface area contributed by atoms with Gasteiger partial charge >= 0.3 is 0 Å². The molecule has 2 aliphatic heterocycles. The fourth-order valence-electron chi connectivity index (χ4n) is 3.57. The lowest BCUT2D eigenvalue weighted by Gasteiger charge is -2.42. The van der Waals surface area contributed by atoms with Crippen molar-refractivity contribution in [1.29, 1.82) is 0 Å². The molecule has 0 radical (unpaired) electrons. The Morgan fingerprint density at radius 3 is 1.38 bits per heavy atom. The molecule has 29 heavy (non-hydrogen) atoms. The zero-order valence-corrected chi connectivity index (χ0v) is 17.3. The molecule has 2 heterocycles. The van der Waals surface area contributed by atoms with Crippen LogP contribution in [0, 0.1) is 17.8 Å². The Morgan fingerprint density at radius 2 is 1.00 bits per heavy atom. The van der Waals surface area contributed by atoms with Crippen molar-refractivity contribution in [2.75, 3.05) is 13.2 Å². The van der Waals surface area contributed by atoms with Crippen LogP contribution in [-0.2, 0) is 9.47 Å². The fraction of sp³-hybridized carbons (Fsp3) is 1.00. The van der Waals surface area contributed by atoms with E-state index in [1.165, 1.54) is 0 Å². The summed E-state index contributed by atoms with van der Waals surface area (Å²) in [5, 5.41) is 65.9. The molecule has 176 valence electrons. The summed E-state index contributed by atoms with van der Waals surface area (Å²) >= 11 is 0. The van der Waals surface area contributed by atoms with Crippen LogP contribution in [0.5, 0.6) is 0 Å². The highest BCUT2D eigenvalue weighted by Crippen LogP contribution is 2.29. The lowest BCUT2D eigenvalue weighted by Crippen LogP contribution is -2.59. The van der Waals surface area contributed by atoms with Crippen LogP contribution < -0.4 is 0 Å². The summed E-state index contributed by atoms with van der Waals surface area (Å²) in [6.07, 6.45) is -7.39.